The molecule has 0 amide bonds. The molecule has 11 heavy (non-hydrogen) atoms. The van der Waals surface area contributed by atoms with E-state index in [-0.39, 0.29) is 23.2 Å². The molecule has 0 heterocycles. The predicted molar refractivity (Wildman–Crippen MR) is 24.6 cm³/mol. The summed E-state index contributed by atoms with van der Waals surface area (Å²) in [6.07, 6.45) is -1.42. The largest absolute Gasteiger partial charge is 0.865 e. The van der Waals surface area contributed by atoms with Gasteiger partial charge in [-0.15, -0.1) is 0 Å². The average molecular weight is 229 g/mol. The average Bonchev–Trinajstić information content (AvgIpc) is 1.61. The fourth-order valence-electron chi connectivity index (χ4n) is 0. The van der Waals surface area contributed by atoms with E-state index < -0.39 is 16.7 Å². The van der Waals surface area contributed by atoms with Crippen molar-refractivity contribution in [3.63, 3.8) is 0 Å². The Labute approximate surface area is 75.0 Å². The second-order valence-corrected chi connectivity index (χ2v) is 2.06. The van der Waals surface area contributed by atoms with Gasteiger partial charge in [0.05, 0.1) is 0 Å². The van der Waals surface area contributed by atoms with Crippen LogP contribution in [-0.2, 0) is 27.2 Å². The molecule has 0 saturated heterocycles. The minimum Gasteiger partial charge on any atom is -0.865 e. The van der Waals surface area contributed by atoms with Gasteiger partial charge in [0.2, 0.25) is 0 Å². The minimum absolute atomic E-state index is 0. The van der Waals surface area contributed by atoms with Gasteiger partial charge in [-0.05, 0) is 0 Å². The Morgan fingerprint density at radius 2 is 1.36 bits per heavy atom. The van der Waals surface area contributed by atoms with Crippen LogP contribution in [0.25, 0.3) is 0 Å². The zero-order valence-electron chi connectivity index (χ0n) is 5.48. The first-order valence-corrected chi connectivity index (χ1v) is 3.59. The van der Waals surface area contributed by atoms with E-state index in [0.29, 0.717) is 0 Å². The Balaban J connectivity index is -0.000000107. The van der Waals surface area contributed by atoms with Crippen molar-refractivity contribution in [3.8, 4) is 0 Å². The van der Waals surface area contributed by atoms with Crippen molar-refractivity contribution < 1.29 is 44.5 Å². The maximum atomic E-state index is 9.34. The molecule has 0 fully saturated rings. The molecule has 0 bridgehead atoms. The third-order valence-corrected chi connectivity index (χ3v) is 0.333. The van der Waals surface area contributed by atoms with Gasteiger partial charge in [0.15, 0.2) is 0 Å². The number of hydrogen-bond donors (Lipinski definition) is 0. The van der Waals surface area contributed by atoms with Crippen molar-refractivity contribution in [2.24, 2.45) is 0 Å². The van der Waals surface area contributed by atoms with Gasteiger partial charge in [0.25, 0.3) is 0 Å². The summed E-state index contributed by atoms with van der Waals surface area (Å²) in [7, 11) is -5.17. The second-order valence-electron chi connectivity index (χ2n) is 1.25. The Morgan fingerprint density at radius 3 is 1.36 bits per heavy atom. The number of hydrogen-bond acceptors (Lipinski definition) is 6. The summed E-state index contributed by atoms with van der Waals surface area (Å²) < 4.78 is 34.1. The molecule has 8 heteroatoms. The molecule has 0 spiro atoms. The van der Waals surface area contributed by atoms with Crippen LogP contribution in [0, 0.1) is 0 Å². The molecule has 0 unspecified atom stereocenters. The summed E-state index contributed by atoms with van der Waals surface area (Å²) in [5.74, 6) is 0. The second kappa shape index (κ2) is 8.39. The molecule has 0 aromatic carbocycles. The maximum absolute atomic E-state index is 9.34. The van der Waals surface area contributed by atoms with E-state index in [1.54, 1.807) is 6.92 Å². The van der Waals surface area contributed by atoms with Crippen molar-refractivity contribution in [1.29, 1.82) is 0 Å². The van der Waals surface area contributed by atoms with E-state index in [0.717, 1.165) is 0 Å². The first kappa shape index (κ1) is 17.4. The van der Waals surface area contributed by atoms with Gasteiger partial charge < -0.3 is 19.3 Å². The van der Waals surface area contributed by atoms with E-state index in [2.05, 4.69) is 0 Å². The van der Waals surface area contributed by atoms with Gasteiger partial charge in [-0.25, -0.2) is 6.29 Å². The molecule has 0 aliphatic heterocycles. The molecule has 0 N–H and O–H groups in total. The third kappa shape index (κ3) is 134. The van der Waals surface area contributed by atoms with Crippen molar-refractivity contribution in [2.45, 2.75) is 19.6 Å². The molecule has 0 rings (SSSR count). The van der Waals surface area contributed by atoms with Gasteiger partial charge in [0, 0.05) is 27.2 Å². The van der Waals surface area contributed by atoms with Crippen molar-refractivity contribution in [3.05, 3.63) is 0 Å². The van der Waals surface area contributed by atoms with Gasteiger partial charge in [-0.1, -0.05) is 13.3 Å². The van der Waals surface area contributed by atoms with Crippen LogP contribution in [0.2, 0.25) is 0 Å². The minimum atomic E-state index is -5.17. The van der Waals surface area contributed by atoms with Crippen LogP contribution in [-0.4, -0.2) is 23.8 Å². The van der Waals surface area contributed by atoms with Crippen LogP contribution in [0.3, 0.4) is 0 Å². The molecular formula is C3H6CoO6S-4. The molecule has 0 aromatic rings. The van der Waals surface area contributed by atoms with Crippen LogP contribution >= 0.6 is 0 Å². The van der Waals surface area contributed by atoms with E-state index in [1.165, 1.54) is 0 Å². The summed E-state index contributed by atoms with van der Waals surface area (Å²) in [5.41, 5.74) is 0. The first-order chi connectivity index (χ1) is 4.27. The van der Waals surface area contributed by atoms with Crippen LogP contribution in [0.4, 0.5) is 0 Å². The van der Waals surface area contributed by atoms with Crippen LogP contribution < -0.4 is 10.2 Å². The topological polar surface area (TPSA) is 126 Å². The zero-order chi connectivity index (χ0) is 8.78. The summed E-state index contributed by atoms with van der Waals surface area (Å²) in [4.78, 5) is 0. The predicted octanol–water partition coefficient (Wildman–Crippen LogP) is -2.90. The fourth-order valence-corrected chi connectivity index (χ4v) is 0. The SMILES string of the molecule is CCC([O-])[O-].O=S(=O)([O-])[O-].[Co]. The van der Waals surface area contributed by atoms with E-state index in [4.69, 9.17) is 17.5 Å². The zero-order valence-corrected chi connectivity index (χ0v) is 7.33. The van der Waals surface area contributed by atoms with Gasteiger partial charge in [-0.2, -0.15) is 0 Å². The molecule has 0 atom stereocenters. The Morgan fingerprint density at radius 1 is 1.27 bits per heavy atom. The molecular weight excluding hydrogens is 223 g/mol. The normalized spacial score (nSPS) is 9.64. The van der Waals surface area contributed by atoms with E-state index in [1.807, 2.05) is 0 Å². The monoisotopic (exact) mass is 229 g/mol. The smallest absolute Gasteiger partial charge is 0.0311 e. The molecule has 73 valence electrons. The molecule has 1 radical (unpaired) electrons. The Hall–Kier alpha value is 0.296. The molecule has 0 aromatic heterocycles. The maximum Gasteiger partial charge on any atom is 0.0311 e. The fraction of sp³-hybridized carbons (Fsp3) is 1.00. The van der Waals surface area contributed by atoms with Crippen LogP contribution in [0.15, 0.2) is 0 Å². The summed E-state index contributed by atoms with van der Waals surface area (Å²) in [5, 5.41) is 18.7. The molecule has 0 aliphatic carbocycles. The van der Waals surface area contributed by atoms with Crippen molar-refractivity contribution >= 4 is 10.4 Å². The quantitative estimate of drug-likeness (QED) is 0.269. The summed E-state index contributed by atoms with van der Waals surface area (Å²) >= 11 is 0. The summed E-state index contributed by atoms with van der Waals surface area (Å²) in [6.45, 7) is 1.57. The standard InChI is InChI=1S/C3H6O2.Co.H2O4S/c1-2-3(4)5;;1-5(2,3)4/h3H,2H2,1H3;;(H2,1,2,3,4)/q-2;;/p-2. The number of rotatable bonds is 1. The van der Waals surface area contributed by atoms with Crippen LogP contribution in [0.5, 0.6) is 0 Å². The molecule has 6 nitrogen and oxygen atoms in total. The van der Waals surface area contributed by atoms with Crippen molar-refractivity contribution in [2.75, 3.05) is 0 Å². The molecule has 0 saturated carbocycles. The third-order valence-electron chi connectivity index (χ3n) is 0.333. The van der Waals surface area contributed by atoms with E-state index in [9.17, 15) is 10.2 Å². The summed E-state index contributed by atoms with van der Waals surface area (Å²) in [6, 6.07) is 0. The Bertz CT molecular complexity index is 143. The Kier molecular flexibility index (Phi) is 13.3. The first-order valence-electron chi connectivity index (χ1n) is 2.25. The molecule has 0 aliphatic rings. The van der Waals surface area contributed by atoms with Gasteiger partial charge >= 0.3 is 0 Å². The van der Waals surface area contributed by atoms with Crippen LogP contribution in [0.1, 0.15) is 13.3 Å². The van der Waals surface area contributed by atoms with Crippen molar-refractivity contribution in [1.82, 2.24) is 0 Å². The van der Waals surface area contributed by atoms with E-state index >= 15 is 0 Å². The van der Waals surface area contributed by atoms with Gasteiger partial charge in [0.1, 0.15) is 0 Å². The van der Waals surface area contributed by atoms with Gasteiger partial charge in [-0.3, -0.25) is 8.42 Å².